The van der Waals surface area contributed by atoms with Gasteiger partial charge < -0.3 is 34.5 Å². The van der Waals surface area contributed by atoms with Crippen LogP contribution in [0.5, 0.6) is 5.75 Å². The van der Waals surface area contributed by atoms with E-state index in [0.29, 0.717) is 35.7 Å². The van der Waals surface area contributed by atoms with Crippen molar-refractivity contribution in [2.24, 2.45) is 19.1 Å². The van der Waals surface area contributed by atoms with Gasteiger partial charge in [0.2, 0.25) is 11.7 Å². The van der Waals surface area contributed by atoms with E-state index in [0.717, 1.165) is 36.1 Å². The molecule has 1 saturated heterocycles. The molecule has 2 aliphatic rings. The molecule has 4 aromatic rings. The van der Waals surface area contributed by atoms with E-state index in [1.807, 2.05) is 24.1 Å². The van der Waals surface area contributed by atoms with Gasteiger partial charge in [0.25, 0.3) is 11.8 Å². The number of rotatable bonds is 10. The Balaban J connectivity index is 0.993. The van der Waals surface area contributed by atoms with Gasteiger partial charge in [0, 0.05) is 63.0 Å². The summed E-state index contributed by atoms with van der Waals surface area (Å²) in [5.74, 6) is -0.745. The number of nitrogens with zero attached hydrogens (tertiary/aromatic N) is 5. The zero-order valence-electron chi connectivity index (χ0n) is 26.3. The predicted molar refractivity (Wildman–Crippen MR) is 176 cm³/mol. The molecule has 47 heavy (non-hydrogen) atoms. The number of nitrogens with one attached hydrogen (secondary N) is 2. The maximum absolute atomic E-state index is 13.0. The number of aromatic nitrogens is 3. The van der Waals surface area contributed by atoms with Gasteiger partial charge >= 0.3 is 5.97 Å². The van der Waals surface area contributed by atoms with Crippen molar-refractivity contribution in [1.29, 1.82) is 0 Å². The van der Waals surface area contributed by atoms with Crippen molar-refractivity contribution >= 4 is 47.1 Å². The lowest BCUT2D eigenvalue weighted by atomic mass is 10.1. The minimum Gasteiger partial charge on any atom is -0.493 e. The highest BCUT2D eigenvalue weighted by atomic mass is 16.5. The molecule has 3 amide bonds. The summed E-state index contributed by atoms with van der Waals surface area (Å²) < 4.78 is 9.02. The number of anilines is 2. The molecule has 242 valence electrons. The first-order valence-electron chi connectivity index (χ1n) is 15.3. The molecule has 13 nitrogen and oxygen atoms in total. The number of aryl methyl sites for hydroxylation is 3. The number of carboxylic acids is 1. The van der Waals surface area contributed by atoms with Gasteiger partial charge in [-0.3, -0.25) is 19.4 Å². The number of imidazole rings is 1. The average molecular weight is 638 g/mol. The molecule has 2 aromatic carbocycles. The first-order chi connectivity index (χ1) is 22.6. The van der Waals surface area contributed by atoms with Crippen LogP contribution in [-0.4, -0.2) is 73.2 Å². The Kier molecular flexibility index (Phi) is 8.61. The summed E-state index contributed by atoms with van der Waals surface area (Å²) in [4.78, 5) is 60.6. The summed E-state index contributed by atoms with van der Waals surface area (Å²) in [6.45, 7) is 2.92. The molecule has 13 heteroatoms. The number of aliphatic imine (C=N–C) groups is 1. The van der Waals surface area contributed by atoms with Crippen LogP contribution >= 0.6 is 0 Å². The van der Waals surface area contributed by atoms with E-state index >= 15 is 0 Å². The third kappa shape index (κ3) is 6.64. The van der Waals surface area contributed by atoms with Crippen LogP contribution in [0.4, 0.5) is 17.2 Å². The van der Waals surface area contributed by atoms with Crippen molar-refractivity contribution in [1.82, 2.24) is 19.0 Å². The van der Waals surface area contributed by atoms with Crippen molar-refractivity contribution in [3.8, 4) is 16.9 Å². The molecule has 2 aliphatic heterocycles. The van der Waals surface area contributed by atoms with Crippen LogP contribution in [0.1, 0.15) is 62.7 Å². The van der Waals surface area contributed by atoms with Crippen LogP contribution in [0, 0.1) is 6.92 Å². The Bertz CT molecular complexity index is 1910. The van der Waals surface area contributed by atoms with Crippen LogP contribution < -0.4 is 15.4 Å². The Morgan fingerprint density at radius 1 is 1.02 bits per heavy atom. The SMILES string of the molecule is Cc1cc2c(cc1OCCCC(=O)Nc1cn(C)c(C(=O)Nc3ccc(-c4cc(C(=O)O)n(C)c4)cc3)n1)N=C[C@@H]1CCCN1C2=O. The van der Waals surface area contributed by atoms with E-state index in [9.17, 15) is 24.3 Å². The monoisotopic (exact) mass is 637 g/mol. The lowest BCUT2D eigenvalue weighted by Gasteiger charge is -2.20. The van der Waals surface area contributed by atoms with Gasteiger partial charge in [-0.2, -0.15) is 0 Å². The first-order valence-corrected chi connectivity index (χ1v) is 15.3. The highest BCUT2D eigenvalue weighted by Gasteiger charge is 2.32. The molecule has 0 saturated carbocycles. The molecule has 3 N–H and O–H groups in total. The molecular weight excluding hydrogens is 602 g/mol. The van der Waals surface area contributed by atoms with Crippen LogP contribution in [0.15, 0.2) is 59.9 Å². The van der Waals surface area contributed by atoms with Crippen LogP contribution in [0.3, 0.4) is 0 Å². The highest BCUT2D eigenvalue weighted by Crippen LogP contribution is 2.34. The van der Waals surface area contributed by atoms with Crippen LogP contribution in [0.2, 0.25) is 0 Å². The van der Waals surface area contributed by atoms with Crippen LogP contribution in [0.25, 0.3) is 11.1 Å². The summed E-state index contributed by atoms with van der Waals surface area (Å²) in [7, 11) is 3.33. The predicted octanol–water partition coefficient (Wildman–Crippen LogP) is 4.80. The fraction of sp³-hybridized carbons (Fsp3) is 0.294. The number of hydrogen-bond donors (Lipinski definition) is 3. The second-order valence-electron chi connectivity index (χ2n) is 11.7. The molecule has 2 aromatic heterocycles. The van der Waals surface area contributed by atoms with Crippen molar-refractivity contribution in [3.63, 3.8) is 0 Å². The maximum atomic E-state index is 13.0. The smallest absolute Gasteiger partial charge is 0.352 e. The van der Waals surface area contributed by atoms with Gasteiger partial charge in [-0.25, -0.2) is 9.78 Å². The third-order valence-electron chi connectivity index (χ3n) is 8.32. The Labute approximate surface area is 270 Å². The highest BCUT2D eigenvalue weighted by molar-refractivity contribution is 6.04. The van der Waals surface area contributed by atoms with E-state index in [-0.39, 0.29) is 41.6 Å². The Morgan fingerprint density at radius 2 is 1.81 bits per heavy atom. The number of hydrogen-bond acceptors (Lipinski definition) is 7. The van der Waals surface area contributed by atoms with Crippen molar-refractivity contribution in [2.45, 2.75) is 38.6 Å². The molecule has 0 spiro atoms. The van der Waals surface area contributed by atoms with Gasteiger partial charge in [-0.15, -0.1) is 0 Å². The van der Waals surface area contributed by atoms with Crippen molar-refractivity contribution < 1.29 is 29.0 Å². The van der Waals surface area contributed by atoms with E-state index in [1.165, 1.54) is 4.57 Å². The fourth-order valence-corrected chi connectivity index (χ4v) is 5.86. The molecule has 0 aliphatic carbocycles. The number of aromatic carboxylic acids is 1. The van der Waals surface area contributed by atoms with E-state index in [1.54, 1.807) is 67.5 Å². The molecule has 0 unspecified atom stereocenters. The molecule has 0 radical (unpaired) electrons. The summed E-state index contributed by atoms with van der Waals surface area (Å²) in [6, 6.07) is 12.3. The van der Waals surface area contributed by atoms with Crippen LogP contribution in [-0.2, 0) is 18.9 Å². The number of carbonyl (C=O) groups excluding carboxylic acids is 3. The quantitative estimate of drug-likeness (QED) is 0.211. The van der Waals surface area contributed by atoms with E-state index in [2.05, 4.69) is 20.6 Å². The summed E-state index contributed by atoms with van der Waals surface area (Å²) >= 11 is 0. The number of carbonyl (C=O) groups is 4. The van der Waals surface area contributed by atoms with Gasteiger partial charge in [0.05, 0.1) is 23.9 Å². The van der Waals surface area contributed by atoms with Gasteiger partial charge in [-0.05, 0) is 61.6 Å². The summed E-state index contributed by atoms with van der Waals surface area (Å²) in [6.07, 6.45) is 7.66. The molecule has 1 atom stereocenters. The second-order valence-corrected chi connectivity index (χ2v) is 11.7. The summed E-state index contributed by atoms with van der Waals surface area (Å²) in [5.41, 5.74) is 4.26. The van der Waals surface area contributed by atoms with Crippen molar-refractivity contribution in [2.75, 3.05) is 23.8 Å². The maximum Gasteiger partial charge on any atom is 0.352 e. The number of benzene rings is 2. The third-order valence-corrected chi connectivity index (χ3v) is 8.32. The fourth-order valence-electron chi connectivity index (χ4n) is 5.86. The first kappa shape index (κ1) is 31.3. The standard InChI is InChI=1S/C34H35N7O6/c1-20-14-25-26(35-17-24-6-4-12-41(24)33(25)44)16-28(20)47-13-5-7-30(42)37-29-19-40(3)31(38-29)32(43)36-23-10-8-21(9-11-23)22-15-27(34(45)46)39(2)18-22/h8-11,14-19,24H,4-7,12-13H2,1-3H3,(H,36,43)(H,37,42)(H,45,46)/t24-/m0/s1. The number of ether oxygens (including phenoxy) is 1. The number of amides is 3. The Morgan fingerprint density at radius 3 is 2.55 bits per heavy atom. The number of fused-ring (bicyclic) bond motifs is 2. The van der Waals surface area contributed by atoms with Gasteiger partial charge in [-0.1, -0.05) is 12.1 Å². The average Bonchev–Trinajstić information content (AvgIpc) is 3.75. The molecule has 6 rings (SSSR count). The lowest BCUT2D eigenvalue weighted by molar-refractivity contribution is -0.116. The zero-order chi connectivity index (χ0) is 33.2. The summed E-state index contributed by atoms with van der Waals surface area (Å²) in [5, 5.41) is 14.8. The molecule has 4 heterocycles. The zero-order valence-corrected chi connectivity index (χ0v) is 26.3. The Hall–Kier alpha value is -5.72. The molecule has 1 fully saturated rings. The van der Waals surface area contributed by atoms with E-state index < -0.39 is 11.9 Å². The lowest BCUT2D eigenvalue weighted by Crippen LogP contribution is -2.35. The van der Waals surface area contributed by atoms with Gasteiger partial charge in [0.1, 0.15) is 11.4 Å². The van der Waals surface area contributed by atoms with E-state index in [4.69, 9.17) is 4.74 Å². The minimum atomic E-state index is -1.01. The topological polar surface area (TPSA) is 160 Å². The number of carboxylic acid groups (broad SMARTS) is 1. The minimum absolute atomic E-state index is 0.00190. The van der Waals surface area contributed by atoms with Crippen molar-refractivity contribution in [3.05, 3.63) is 77.5 Å². The van der Waals surface area contributed by atoms with Gasteiger partial charge in [0.15, 0.2) is 5.82 Å². The largest absolute Gasteiger partial charge is 0.493 e. The molecular formula is C34H35N7O6. The normalized spacial score (nSPS) is 15.2. The second kappa shape index (κ2) is 12.9. The molecule has 0 bridgehead atoms.